The first kappa shape index (κ1) is 22.4. The molecule has 0 unspecified atom stereocenters. The van der Waals surface area contributed by atoms with Crippen molar-refractivity contribution in [2.75, 3.05) is 38.2 Å². The number of rotatable bonds is 6. The first-order valence-electron chi connectivity index (χ1n) is 10.7. The number of ether oxygens (including phenoxy) is 1. The first-order chi connectivity index (χ1) is 16.0. The van der Waals surface area contributed by atoms with Crippen molar-refractivity contribution < 1.29 is 9.53 Å². The summed E-state index contributed by atoms with van der Waals surface area (Å²) in [6, 6.07) is 6.74. The molecule has 1 fully saturated rings. The number of hydrogen-bond acceptors (Lipinski definition) is 7. The molecule has 0 saturated carbocycles. The lowest BCUT2D eigenvalue weighted by atomic mass is 10.1. The molecule has 1 aromatic carbocycles. The van der Waals surface area contributed by atoms with E-state index in [2.05, 4.69) is 22.1 Å². The van der Waals surface area contributed by atoms with Gasteiger partial charge < -0.3 is 15.0 Å². The number of imidazole rings is 1. The van der Waals surface area contributed by atoms with Crippen molar-refractivity contribution >= 4 is 22.9 Å². The Labute approximate surface area is 190 Å². The third-order valence-electron chi connectivity index (χ3n) is 5.72. The number of fused-ring (bicyclic) bond motifs is 1. The summed E-state index contributed by atoms with van der Waals surface area (Å²) in [5.41, 5.74) is -0.215. The Morgan fingerprint density at radius 2 is 1.97 bits per heavy atom. The Kier molecular flexibility index (Phi) is 6.33. The minimum Gasteiger partial charge on any atom is -0.497 e. The molecule has 3 aromatic rings. The molecule has 10 heteroatoms. The van der Waals surface area contributed by atoms with Crippen molar-refractivity contribution in [3.63, 3.8) is 0 Å². The van der Waals surface area contributed by atoms with Gasteiger partial charge in [-0.25, -0.2) is 4.79 Å². The molecule has 0 spiro atoms. The Hall–Kier alpha value is -3.84. The van der Waals surface area contributed by atoms with E-state index < -0.39 is 11.2 Å². The number of nitrogens with zero attached hydrogens (tertiary/aromatic N) is 5. The Bertz CT molecular complexity index is 1380. The fraction of sp³-hybridized carbons (Fsp3) is 0.391. The monoisotopic (exact) mass is 450 g/mol. The van der Waals surface area contributed by atoms with Gasteiger partial charge in [0, 0.05) is 38.8 Å². The highest BCUT2D eigenvalue weighted by atomic mass is 16.5. The van der Waals surface area contributed by atoms with Crippen molar-refractivity contribution in [1.82, 2.24) is 24.0 Å². The van der Waals surface area contributed by atoms with E-state index >= 15 is 0 Å². The van der Waals surface area contributed by atoms with Gasteiger partial charge in [0.15, 0.2) is 16.9 Å². The summed E-state index contributed by atoms with van der Waals surface area (Å²) in [7, 11) is 2.93. The molecule has 0 aliphatic carbocycles. The van der Waals surface area contributed by atoms with E-state index in [9.17, 15) is 14.4 Å². The fourth-order valence-corrected chi connectivity index (χ4v) is 3.93. The predicted molar refractivity (Wildman–Crippen MR) is 125 cm³/mol. The fourth-order valence-electron chi connectivity index (χ4n) is 3.93. The summed E-state index contributed by atoms with van der Waals surface area (Å²) >= 11 is 0. The second kappa shape index (κ2) is 9.34. The molecule has 1 aliphatic heterocycles. The number of aromatic nitrogens is 4. The second-order valence-electron chi connectivity index (χ2n) is 7.72. The molecule has 2 aromatic heterocycles. The van der Waals surface area contributed by atoms with E-state index in [4.69, 9.17) is 9.72 Å². The number of ketones is 1. The van der Waals surface area contributed by atoms with Crippen LogP contribution in [-0.4, -0.2) is 57.8 Å². The Morgan fingerprint density at radius 3 is 2.67 bits per heavy atom. The van der Waals surface area contributed by atoms with Gasteiger partial charge in [-0.1, -0.05) is 18.1 Å². The van der Waals surface area contributed by atoms with Crippen molar-refractivity contribution in [3.8, 4) is 17.6 Å². The molecule has 0 bridgehead atoms. The van der Waals surface area contributed by atoms with E-state index in [0.29, 0.717) is 30.4 Å². The van der Waals surface area contributed by atoms with Crippen LogP contribution in [0.5, 0.6) is 5.75 Å². The molecule has 10 nitrogen and oxygen atoms in total. The number of carbonyl (C=O) groups excluding carboxylic acids is 1. The van der Waals surface area contributed by atoms with E-state index in [1.807, 2.05) is 0 Å². The molecule has 1 N–H and O–H groups in total. The average molecular weight is 450 g/mol. The van der Waals surface area contributed by atoms with Gasteiger partial charge in [0.05, 0.1) is 20.2 Å². The van der Waals surface area contributed by atoms with Crippen LogP contribution in [-0.2, 0) is 20.1 Å². The lowest BCUT2D eigenvalue weighted by Gasteiger charge is -2.28. The van der Waals surface area contributed by atoms with Crippen molar-refractivity contribution in [2.24, 2.45) is 7.05 Å². The lowest BCUT2D eigenvalue weighted by molar-refractivity contribution is 0.0971. The van der Waals surface area contributed by atoms with Crippen LogP contribution in [0.1, 0.15) is 17.3 Å². The zero-order valence-electron chi connectivity index (χ0n) is 18.9. The second-order valence-corrected chi connectivity index (χ2v) is 7.72. The van der Waals surface area contributed by atoms with Gasteiger partial charge in [0.2, 0.25) is 5.95 Å². The van der Waals surface area contributed by atoms with Gasteiger partial charge in [-0.2, -0.15) is 4.98 Å². The normalized spacial score (nSPS) is 13.6. The highest BCUT2D eigenvalue weighted by molar-refractivity contribution is 5.96. The lowest BCUT2D eigenvalue weighted by Crippen LogP contribution is -2.44. The first-order valence-corrected chi connectivity index (χ1v) is 10.7. The van der Waals surface area contributed by atoms with Crippen molar-refractivity contribution in [3.05, 3.63) is 50.7 Å². The zero-order chi connectivity index (χ0) is 23.5. The largest absolute Gasteiger partial charge is 0.497 e. The van der Waals surface area contributed by atoms with Gasteiger partial charge in [0.25, 0.3) is 5.56 Å². The van der Waals surface area contributed by atoms with Crippen LogP contribution in [0.4, 0.5) is 5.95 Å². The molecule has 1 saturated heterocycles. The Morgan fingerprint density at radius 1 is 1.21 bits per heavy atom. The third kappa shape index (κ3) is 4.15. The number of benzene rings is 1. The van der Waals surface area contributed by atoms with E-state index in [1.165, 1.54) is 18.7 Å². The summed E-state index contributed by atoms with van der Waals surface area (Å²) < 4.78 is 9.22. The number of piperazine rings is 1. The SMILES string of the molecule is CC#CCn1c(N2CCNCC2)nc2c1c(=O)n(C)c(=O)n2CC(=O)c1cccc(OC)c1. The smallest absolute Gasteiger partial charge is 0.332 e. The summed E-state index contributed by atoms with van der Waals surface area (Å²) in [5.74, 6) is 6.67. The Balaban J connectivity index is 1.89. The number of methoxy groups -OCH3 is 1. The van der Waals surface area contributed by atoms with Crippen LogP contribution in [0.15, 0.2) is 33.9 Å². The molecular weight excluding hydrogens is 424 g/mol. The molecule has 172 valence electrons. The van der Waals surface area contributed by atoms with E-state index in [1.54, 1.807) is 35.8 Å². The molecule has 1 aliphatic rings. The summed E-state index contributed by atoms with van der Waals surface area (Å²) in [6.45, 7) is 4.69. The maximum Gasteiger partial charge on any atom is 0.332 e. The molecule has 0 radical (unpaired) electrons. The van der Waals surface area contributed by atoms with Crippen molar-refractivity contribution in [2.45, 2.75) is 20.0 Å². The minimum absolute atomic E-state index is 0.186. The van der Waals surface area contributed by atoms with Crippen LogP contribution in [0, 0.1) is 11.8 Å². The van der Waals surface area contributed by atoms with Crippen LogP contribution in [0.2, 0.25) is 0 Å². The van der Waals surface area contributed by atoms with Crippen LogP contribution < -0.4 is 26.2 Å². The summed E-state index contributed by atoms with van der Waals surface area (Å²) in [4.78, 5) is 46.0. The molecule has 3 heterocycles. The van der Waals surface area contributed by atoms with E-state index in [-0.39, 0.29) is 30.0 Å². The van der Waals surface area contributed by atoms with Crippen LogP contribution >= 0.6 is 0 Å². The van der Waals surface area contributed by atoms with Gasteiger partial charge in [-0.15, -0.1) is 5.92 Å². The van der Waals surface area contributed by atoms with Crippen molar-refractivity contribution in [1.29, 1.82) is 0 Å². The quantitative estimate of drug-likeness (QED) is 0.423. The zero-order valence-corrected chi connectivity index (χ0v) is 18.9. The number of anilines is 1. The highest BCUT2D eigenvalue weighted by Gasteiger charge is 2.25. The van der Waals surface area contributed by atoms with Gasteiger partial charge in [-0.3, -0.25) is 23.3 Å². The molecule has 0 atom stereocenters. The molecule has 33 heavy (non-hydrogen) atoms. The van der Waals surface area contributed by atoms with Gasteiger partial charge >= 0.3 is 5.69 Å². The molecule has 0 amide bonds. The number of carbonyl (C=O) groups is 1. The predicted octanol–water partition coefficient (Wildman–Crippen LogP) is 0.221. The van der Waals surface area contributed by atoms with Crippen LogP contribution in [0.3, 0.4) is 0 Å². The number of nitrogens with one attached hydrogen (secondary N) is 1. The van der Waals surface area contributed by atoms with Gasteiger partial charge in [0.1, 0.15) is 5.75 Å². The third-order valence-corrected chi connectivity index (χ3v) is 5.72. The minimum atomic E-state index is -0.596. The summed E-state index contributed by atoms with van der Waals surface area (Å²) in [6.07, 6.45) is 0. The molecular formula is C23H26N6O4. The topological polar surface area (TPSA) is 103 Å². The molecule has 4 rings (SSSR count). The number of Topliss-reactive ketones (excluding diaryl/α,β-unsaturated/α-hetero) is 1. The average Bonchev–Trinajstić information content (AvgIpc) is 3.23. The maximum atomic E-state index is 13.1. The number of hydrogen-bond donors (Lipinski definition) is 1. The van der Waals surface area contributed by atoms with Gasteiger partial charge in [-0.05, 0) is 19.1 Å². The van der Waals surface area contributed by atoms with E-state index in [0.717, 1.165) is 17.7 Å². The maximum absolute atomic E-state index is 13.1. The van der Waals surface area contributed by atoms with Crippen LogP contribution in [0.25, 0.3) is 11.2 Å². The standard InChI is InChI=1S/C23H26N6O4/c1-4-5-11-28-19-20(25-22(28)27-12-9-24-10-13-27)29(23(32)26(2)21(19)31)15-18(30)16-7-6-8-17(14-16)33-3/h6-8,14,24H,9-13,15H2,1-3H3. The summed E-state index contributed by atoms with van der Waals surface area (Å²) in [5, 5.41) is 3.29. The highest BCUT2D eigenvalue weighted by Crippen LogP contribution is 2.21.